The average Bonchev–Trinajstić information content (AvgIpc) is 2.42. The lowest BCUT2D eigenvalue weighted by Crippen LogP contribution is -2.44. The molecule has 4 heteroatoms. The lowest BCUT2D eigenvalue weighted by Gasteiger charge is -2.36. The summed E-state index contributed by atoms with van der Waals surface area (Å²) in [6.07, 6.45) is 3.37. The average molecular weight is 282 g/mol. The smallest absolute Gasteiger partial charge is 0.0622 e. The van der Waals surface area contributed by atoms with Gasteiger partial charge in [-0.1, -0.05) is 25.4 Å². The Morgan fingerprint density at radius 1 is 1.32 bits per heavy atom. The first-order valence-corrected chi connectivity index (χ1v) is 7.59. The van der Waals surface area contributed by atoms with Crippen LogP contribution in [0.25, 0.3) is 0 Å². The van der Waals surface area contributed by atoms with Gasteiger partial charge in [-0.2, -0.15) is 0 Å². The maximum Gasteiger partial charge on any atom is 0.0622 e. The van der Waals surface area contributed by atoms with Crippen LogP contribution >= 0.6 is 11.6 Å². The molecule has 0 spiro atoms. The van der Waals surface area contributed by atoms with E-state index < -0.39 is 0 Å². The van der Waals surface area contributed by atoms with E-state index in [1.807, 2.05) is 12.1 Å². The van der Waals surface area contributed by atoms with Gasteiger partial charge in [0.15, 0.2) is 0 Å². The summed E-state index contributed by atoms with van der Waals surface area (Å²) in [5.74, 6) is 0. The number of fused-ring (bicyclic) bond motifs is 1. The van der Waals surface area contributed by atoms with E-state index in [2.05, 4.69) is 24.1 Å². The molecule has 1 aromatic rings. The summed E-state index contributed by atoms with van der Waals surface area (Å²) < 4.78 is 0. The number of nitrogen functional groups attached to an aromatic ring is 1. The molecule has 0 aromatic heterocycles. The third kappa shape index (κ3) is 3.15. The van der Waals surface area contributed by atoms with Crippen molar-refractivity contribution < 1.29 is 0 Å². The summed E-state index contributed by atoms with van der Waals surface area (Å²) in [6, 6.07) is 4.31. The van der Waals surface area contributed by atoms with Crippen molar-refractivity contribution in [3.63, 3.8) is 0 Å². The molecule has 1 atom stereocenters. The standard InChI is InChI=1S/C15H24ClN3/c1-3-7-19(8-4-2)11-9-12-13(16)5-6-14(17)15(12)18-10-11/h5-6,11,18H,3-4,7-10,17H2,1-2H3. The number of hydrogen-bond acceptors (Lipinski definition) is 3. The van der Waals surface area contributed by atoms with Crippen LogP contribution in [-0.4, -0.2) is 30.6 Å². The van der Waals surface area contributed by atoms with Gasteiger partial charge in [-0.05, 0) is 50.0 Å². The van der Waals surface area contributed by atoms with Gasteiger partial charge in [0.1, 0.15) is 0 Å². The molecular formula is C15H24ClN3. The molecule has 0 saturated heterocycles. The molecule has 0 bridgehead atoms. The maximum absolute atomic E-state index is 6.32. The van der Waals surface area contributed by atoms with E-state index >= 15 is 0 Å². The first kappa shape index (κ1) is 14.5. The number of nitrogens with two attached hydrogens (primary N) is 1. The van der Waals surface area contributed by atoms with Gasteiger partial charge in [-0.15, -0.1) is 0 Å². The van der Waals surface area contributed by atoms with Crippen LogP contribution in [0.1, 0.15) is 32.3 Å². The second-order valence-corrected chi connectivity index (χ2v) is 5.67. The Bertz CT molecular complexity index is 428. The number of halogens is 1. The summed E-state index contributed by atoms with van der Waals surface area (Å²) in [6.45, 7) is 7.72. The van der Waals surface area contributed by atoms with Crippen molar-refractivity contribution in [2.45, 2.75) is 39.2 Å². The molecule has 0 saturated carbocycles. The number of benzene rings is 1. The Labute approximate surface area is 121 Å². The van der Waals surface area contributed by atoms with E-state index in [4.69, 9.17) is 17.3 Å². The van der Waals surface area contributed by atoms with Gasteiger partial charge in [0.25, 0.3) is 0 Å². The zero-order chi connectivity index (χ0) is 13.8. The highest BCUT2D eigenvalue weighted by molar-refractivity contribution is 6.32. The summed E-state index contributed by atoms with van der Waals surface area (Å²) in [4.78, 5) is 2.56. The number of anilines is 2. The van der Waals surface area contributed by atoms with Gasteiger partial charge in [0.05, 0.1) is 11.4 Å². The summed E-state index contributed by atoms with van der Waals surface area (Å²) >= 11 is 6.32. The van der Waals surface area contributed by atoms with E-state index in [9.17, 15) is 0 Å². The van der Waals surface area contributed by atoms with Gasteiger partial charge in [-0.25, -0.2) is 0 Å². The largest absolute Gasteiger partial charge is 0.397 e. The molecule has 1 aliphatic heterocycles. The third-order valence-corrected chi connectivity index (χ3v) is 4.13. The molecule has 0 fully saturated rings. The molecule has 1 aliphatic rings. The van der Waals surface area contributed by atoms with Gasteiger partial charge in [-0.3, -0.25) is 4.90 Å². The summed E-state index contributed by atoms with van der Waals surface area (Å²) in [5, 5.41) is 4.30. The lowest BCUT2D eigenvalue weighted by molar-refractivity contribution is 0.200. The van der Waals surface area contributed by atoms with E-state index in [-0.39, 0.29) is 0 Å². The van der Waals surface area contributed by atoms with Crippen molar-refractivity contribution in [3.05, 3.63) is 22.7 Å². The van der Waals surface area contributed by atoms with Crippen LogP contribution in [0.5, 0.6) is 0 Å². The Hall–Kier alpha value is -0.930. The highest BCUT2D eigenvalue weighted by Crippen LogP contribution is 2.34. The topological polar surface area (TPSA) is 41.3 Å². The minimum absolute atomic E-state index is 0.520. The number of rotatable bonds is 5. The van der Waals surface area contributed by atoms with Crippen LogP contribution in [-0.2, 0) is 6.42 Å². The Balaban J connectivity index is 2.18. The van der Waals surface area contributed by atoms with Gasteiger partial charge >= 0.3 is 0 Å². The lowest BCUT2D eigenvalue weighted by atomic mass is 9.97. The fraction of sp³-hybridized carbons (Fsp3) is 0.600. The second-order valence-electron chi connectivity index (χ2n) is 5.26. The van der Waals surface area contributed by atoms with E-state index in [0.29, 0.717) is 6.04 Å². The van der Waals surface area contributed by atoms with Gasteiger partial charge in [0.2, 0.25) is 0 Å². The molecule has 0 amide bonds. The monoisotopic (exact) mass is 281 g/mol. The molecule has 1 heterocycles. The van der Waals surface area contributed by atoms with Crippen LogP contribution in [0, 0.1) is 0 Å². The van der Waals surface area contributed by atoms with Crippen molar-refractivity contribution >= 4 is 23.0 Å². The zero-order valence-electron chi connectivity index (χ0n) is 11.9. The van der Waals surface area contributed by atoms with Crippen molar-refractivity contribution in [1.82, 2.24) is 4.90 Å². The fourth-order valence-corrected chi connectivity index (χ4v) is 3.12. The van der Waals surface area contributed by atoms with Crippen LogP contribution in [0.15, 0.2) is 12.1 Å². The Morgan fingerprint density at radius 3 is 2.63 bits per heavy atom. The molecule has 2 rings (SSSR count). The highest BCUT2D eigenvalue weighted by Gasteiger charge is 2.25. The number of hydrogen-bond donors (Lipinski definition) is 2. The second kappa shape index (κ2) is 6.49. The molecule has 0 aliphatic carbocycles. The molecule has 3 N–H and O–H groups in total. The van der Waals surface area contributed by atoms with E-state index in [1.165, 1.54) is 18.4 Å². The van der Waals surface area contributed by atoms with Crippen LogP contribution in [0.3, 0.4) is 0 Å². The fourth-order valence-electron chi connectivity index (χ4n) is 2.89. The van der Waals surface area contributed by atoms with E-state index in [1.54, 1.807) is 0 Å². The number of nitrogens with zero attached hydrogens (tertiary/aromatic N) is 1. The Morgan fingerprint density at radius 2 is 2.00 bits per heavy atom. The maximum atomic E-state index is 6.32. The highest BCUT2D eigenvalue weighted by atomic mass is 35.5. The molecule has 106 valence electrons. The molecule has 3 nitrogen and oxygen atoms in total. The quantitative estimate of drug-likeness (QED) is 0.813. The predicted octanol–water partition coefficient (Wildman–Crippen LogP) is 3.38. The van der Waals surface area contributed by atoms with Crippen molar-refractivity contribution in [2.75, 3.05) is 30.7 Å². The first-order chi connectivity index (χ1) is 9.17. The molecule has 1 aromatic carbocycles. The van der Waals surface area contributed by atoms with E-state index in [0.717, 1.165) is 42.5 Å². The molecular weight excluding hydrogens is 258 g/mol. The molecule has 1 unspecified atom stereocenters. The predicted molar refractivity (Wildman–Crippen MR) is 84.0 cm³/mol. The van der Waals surface area contributed by atoms with Gasteiger partial charge in [0, 0.05) is 17.6 Å². The van der Waals surface area contributed by atoms with Crippen LogP contribution in [0.2, 0.25) is 5.02 Å². The van der Waals surface area contributed by atoms with Crippen LogP contribution < -0.4 is 11.1 Å². The molecule has 19 heavy (non-hydrogen) atoms. The SMILES string of the molecule is CCCN(CCC)C1CNc2c(N)ccc(Cl)c2C1. The normalized spacial score (nSPS) is 18.2. The third-order valence-electron chi connectivity index (χ3n) is 3.78. The van der Waals surface area contributed by atoms with Gasteiger partial charge < -0.3 is 11.1 Å². The first-order valence-electron chi connectivity index (χ1n) is 7.22. The molecule has 0 radical (unpaired) electrons. The summed E-state index contributed by atoms with van der Waals surface area (Å²) in [5.41, 5.74) is 9.03. The van der Waals surface area contributed by atoms with Crippen LogP contribution in [0.4, 0.5) is 11.4 Å². The minimum atomic E-state index is 0.520. The van der Waals surface area contributed by atoms with Crippen molar-refractivity contribution in [1.29, 1.82) is 0 Å². The van der Waals surface area contributed by atoms with Crippen molar-refractivity contribution in [2.24, 2.45) is 0 Å². The Kier molecular flexibility index (Phi) is 4.94. The minimum Gasteiger partial charge on any atom is -0.397 e. The zero-order valence-corrected chi connectivity index (χ0v) is 12.6. The summed E-state index contributed by atoms with van der Waals surface area (Å²) in [7, 11) is 0. The van der Waals surface area contributed by atoms with Crippen molar-refractivity contribution in [3.8, 4) is 0 Å². The number of nitrogens with one attached hydrogen (secondary N) is 1.